The second-order valence-corrected chi connectivity index (χ2v) is 6.97. The highest BCUT2D eigenvalue weighted by Gasteiger charge is 2.25. The fraction of sp³-hybridized carbons (Fsp3) is 0.632. The molecule has 1 amide bonds. The van der Waals surface area contributed by atoms with E-state index < -0.39 is 0 Å². The summed E-state index contributed by atoms with van der Waals surface area (Å²) in [5, 5.41) is 3.17. The third-order valence-electron chi connectivity index (χ3n) is 4.72. The summed E-state index contributed by atoms with van der Waals surface area (Å²) in [6, 6.07) is 8.78. The summed E-state index contributed by atoms with van der Waals surface area (Å²) in [5.41, 5.74) is 2.35. The Bertz CT molecular complexity index is 475. The van der Waals surface area contributed by atoms with Crippen molar-refractivity contribution in [1.29, 1.82) is 0 Å². The van der Waals surface area contributed by atoms with E-state index in [1.54, 1.807) is 0 Å². The Morgan fingerprint density at radius 2 is 1.73 bits per heavy atom. The first-order valence-electron chi connectivity index (χ1n) is 8.57. The van der Waals surface area contributed by atoms with Crippen molar-refractivity contribution in [2.75, 3.05) is 19.6 Å². The van der Waals surface area contributed by atoms with Gasteiger partial charge in [-0.15, -0.1) is 0 Å². The van der Waals surface area contributed by atoms with Crippen LogP contribution in [0.1, 0.15) is 50.7 Å². The van der Waals surface area contributed by atoms with Crippen LogP contribution in [0.2, 0.25) is 0 Å². The number of aryl methyl sites for hydroxylation is 1. The molecule has 3 nitrogen and oxygen atoms in total. The Balaban J connectivity index is 1.96. The zero-order valence-corrected chi connectivity index (χ0v) is 14.4. The van der Waals surface area contributed by atoms with Crippen LogP contribution in [0.3, 0.4) is 0 Å². The molecule has 1 aliphatic rings. The van der Waals surface area contributed by atoms with E-state index in [4.69, 9.17) is 0 Å². The van der Waals surface area contributed by atoms with Crippen LogP contribution in [-0.2, 0) is 4.79 Å². The van der Waals surface area contributed by atoms with Crippen molar-refractivity contribution in [2.24, 2.45) is 5.92 Å². The highest BCUT2D eigenvalue weighted by molar-refractivity contribution is 5.84. The molecule has 0 aliphatic carbocycles. The highest BCUT2D eigenvalue weighted by atomic mass is 16.1. The average molecular weight is 302 g/mol. The van der Waals surface area contributed by atoms with Gasteiger partial charge in [-0.2, -0.15) is 0 Å². The highest BCUT2D eigenvalue weighted by Crippen LogP contribution is 2.25. The van der Waals surface area contributed by atoms with Gasteiger partial charge in [0.2, 0.25) is 5.91 Å². The smallest absolute Gasteiger partial charge is 0.227 e. The second-order valence-electron chi connectivity index (χ2n) is 6.97. The predicted molar refractivity (Wildman–Crippen MR) is 92.0 cm³/mol. The van der Waals surface area contributed by atoms with Crippen LogP contribution in [0, 0.1) is 12.8 Å². The number of rotatable bonds is 6. The molecular formula is C19H30N2O. The third-order valence-corrected chi connectivity index (χ3v) is 4.72. The number of nitrogens with zero attached hydrogens (tertiary/aromatic N) is 1. The minimum atomic E-state index is -0.0635. The van der Waals surface area contributed by atoms with Crippen LogP contribution in [0.4, 0.5) is 0 Å². The Morgan fingerprint density at radius 3 is 2.27 bits per heavy atom. The van der Waals surface area contributed by atoms with Crippen LogP contribution in [0.5, 0.6) is 0 Å². The van der Waals surface area contributed by atoms with Crippen molar-refractivity contribution < 1.29 is 4.79 Å². The van der Waals surface area contributed by atoms with E-state index in [1.807, 2.05) is 0 Å². The maximum Gasteiger partial charge on any atom is 0.227 e. The first kappa shape index (κ1) is 17.0. The number of carbonyl (C=O) groups excluding carboxylic acids is 1. The van der Waals surface area contributed by atoms with Gasteiger partial charge in [-0.1, -0.05) is 43.7 Å². The summed E-state index contributed by atoms with van der Waals surface area (Å²) in [6.45, 7) is 11.6. The molecule has 1 saturated heterocycles. The third kappa shape index (κ3) is 4.33. The number of nitrogens with one attached hydrogen (secondary N) is 1. The van der Waals surface area contributed by atoms with Crippen LogP contribution >= 0.6 is 0 Å². The van der Waals surface area contributed by atoms with E-state index in [2.05, 4.69) is 62.2 Å². The maximum absolute atomic E-state index is 12.7. The van der Waals surface area contributed by atoms with Crippen molar-refractivity contribution in [2.45, 2.75) is 52.5 Å². The van der Waals surface area contributed by atoms with Crippen molar-refractivity contribution >= 4 is 5.91 Å². The Labute approximate surface area is 135 Å². The summed E-state index contributed by atoms with van der Waals surface area (Å²) in [6.07, 6.45) is 2.58. The van der Waals surface area contributed by atoms with Crippen molar-refractivity contribution in [3.05, 3.63) is 35.4 Å². The molecule has 2 rings (SSSR count). The van der Waals surface area contributed by atoms with E-state index in [-0.39, 0.29) is 11.8 Å². The van der Waals surface area contributed by atoms with Gasteiger partial charge in [0.25, 0.3) is 0 Å². The quantitative estimate of drug-likeness (QED) is 0.874. The molecule has 1 aromatic rings. The number of hydrogen-bond donors (Lipinski definition) is 1. The normalized spacial score (nSPS) is 18.4. The number of amides is 1. The number of likely N-dealkylation sites (tertiary alicyclic amines) is 1. The van der Waals surface area contributed by atoms with Crippen LogP contribution in [-0.4, -0.2) is 36.5 Å². The fourth-order valence-corrected chi connectivity index (χ4v) is 3.28. The molecule has 0 radical (unpaired) electrons. The molecule has 1 heterocycles. The SMILES string of the molecule is Cc1ccc(C(C(=O)NCC(C)N2CCCC2)C(C)C)cc1. The molecule has 1 N–H and O–H groups in total. The topological polar surface area (TPSA) is 32.3 Å². The lowest BCUT2D eigenvalue weighted by Gasteiger charge is -2.26. The zero-order valence-electron chi connectivity index (χ0n) is 14.4. The molecular weight excluding hydrogens is 272 g/mol. The lowest BCUT2D eigenvalue weighted by atomic mass is 9.87. The molecule has 0 aromatic heterocycles. The average Bonchev–Trinajstić information content (AvgIpc) is 3.01. The summed E-state index contributed by atoms with van der Waals surface area (Å²) in [7, 11) is 0. The lowest BCUT2D eigenvalue weighted by molar-refractivity contribution is -0.123. The summed E-state index contributed by atoms with van der Waals surface area (Å²) in [5.74, 6) is 0.390. The number of hydrogen-bond acceptors (Lipinski definition) is 2. The fourth-order valence-electron chi connectivity index (χ4n) is 3.28. The molecule has 1 aliphatic heterocycles. The van der Waals surface area contributed by atoms with Gasteiger partial charge in [-0.05, 0) is 51.3 Å². The van der Waals surface area contributed by atoms with Gasteiger partial charge >= 0.3 is 0 Å². The van der Waals surface area contributed by atoms with E-state index in [1.165, 1.54) is 31.5 Å². The molecule has 22 heavy (non-hydrogen) atoms. The van der Waals surface area contributed by atoms with Gasteiger partial charge in [0.1, 0.15) is 0 Å². The monoisotopic (exact) mass is 302 g/mol. The van der Waals surface area contributed by atoms with Gasteiger partial charge in [-0.25, -0.2) is 0 Å². The molecule has 0 spiro atoms. The Morgan fingerprint density at radius 1 is 1.14 bits per heavy atom. The van der Waals surface area contributed by atoms with Gasteiger partial charge < -0.3 is 5.32 Å². The van der Waals surface area contributed by atoms with Crippen LogP contribution < -0.4 is 5.32 Å². The van der Waals surface area contributed by atoms with Crippen LogP contribution in [0.15, 0.2) is 24.3 Å². The molecule has 0 bridgehead atoms. The van der Waals surface area contributed by atoms with Gasteiger partial charge in [0.15, 0.2) is 0 Å². The molecule has 1 aromatic carbocycles. The summed E-state index contributed by atoms with van der Waals surface area (Å²) < 4.78 is 0. The standard InChI is InChI=1S/C19H30N2O/c1-14(2)18(17-9-7-15(3)8-10-17)19(22)20-13-16(4)21-11-5-6-12-21/h7-10,14,16,18H,5-6,11-13H2,1-4H3,(H,20,22). The molecule has 3 heteroatoms. The van der Waals surface area contributed by atoms with Gasteiger partial charge in [0.05, 0.1) is 5.92 Å². The number of benzene rings is 1. The molecule has 2 unspecified atom stereocenters. The first-order chi connectivity index (χ1) is 10.5. The number of carbonyl (C=O) groups is 1. The maximum atomic E-state index is 12.7. The van der Waals surface area contributed by atoms with E-state index in [9.17, 15) is 4.79 Å². The molecule has 0 saturated carbocycles. The Hall–Kier alpha value is -1.35. The van der Waals surface area contributed by atoms with Gasteiger partial charge in [-0.3, -0.25) is 9.69 Å². The van der Waals surface area contributed by atoms with Crippen molar-refractivity contribution in [3.63, 3.8) is 0 Å². The van der Waals surface area contributed by atoms with E-state index >= 15 is 0 Å². The van der Waals surface area contributed by atoms with Crippen LogP contribution in [0.25, 0.3) is 0 Å². The van der Waals surface area contributed by atoms with Crippen molar-refractivity contribution in [3.8, 4) is 0 Å². The first-order valence-corrected chi connectivity index (χ1v) is 8.57. The van der Waals surface area contributed by atoms with Gasteiger partial charge in [0, 0.05) is 12.6 Å². The summed E-state index contributed by atoms with van der Waals surface area (Å²) in [4.78, 5) is 15.1. The second kappa shape index (κ2) is 7.77. The minimum absolute atomic E-state index is 0.0635. The molecule has 1 fully saturated rings. The summed E-state index contributed by atoms with van der Waals surface area (Å²) >= 11 is 0. The minimum Gasteiger partial charge on any atom is -0.354 e. The predicted octanol–water partition coefficient (Wildman–Crippen LogP) is 3.34. The molecule has 2 atom stereocenters. The Kier molecular flexibility index (Phi) is 6.01. The molecule has 122 valence electrons. The largest absolute Gasteiger partial charge is 0.354 e. The van der Waals surface area contributed by atoms with E-state index in [0.29, 0.717) is 12.0 Å². The lowest BCUT2D eigenvalue weighted by Crippen LogP contribution is -2.42. The zero-order chi connectivity index (χ0) is 16.1. The van der Waals surface area contributed by atoms with E-state index in [0.717, 1.165) is 12.1 Å². The van der Waals surface area contributed by atoms with Crippen molar-refractivity contribution in [1.82, 2.24) is 10.2 Å².